The van der Waals surface area contributed by atoms with Crippen LogP contribution in [-0.4, -0.2) is 41.3 Å². The van der Waals surface area contributed by atoms with E-state index >= 15 is 0 Å². The number of rotatable bonds is 10. The monoisotopic (exact) mass is 537 g/mol. The maximum Gasteiger partial charge on any atom is 0.338 e. The second-order valence-corrected chi connectivity index (χ2v) is 9.21. The number of hydrogen-bond acceptors (Lipinski definition) is 5. The Morgan fingerprint density at radius 3 is 2.37 bits per heavy atom. The molecule has 0 fully saturated rings. The van der Waals surface area contributed by atoms with E-state index < -0.39 is 29.1 Å². The number of carbonyl (C=O) groups is 3. The van der Waals surface area contributed by atoms with Crippen LogP contribution >= 0.6 is 11.8 Å². The number of nitrogens with zero attached hydrogens (tertiary/aromatic N) is 1. The van der Waals surface area contributed by atoms with Crippen LogP contribution < -0.4 is 10.6 Å². The van der Waals surface area contributed by atoms with Gasteiger partial charge in [-0.05, 0) is 49.4 Å². The van der Waals surface area contributed by atoms with E-state index in [1.165, 1.54) is 17.8 Å². The predicted molar refractivity (Wildman–Crippen MR) is 142 cm³/mol. The summed E-state index contributed by atoms with van der Waals surface area (Å²) >= 11 is 1.36. The molecule has 0 saturated heterocycles. The molecule has 0 unspecified atom stereocenters. The largest absolute Gasteiger partial charge is 0.462 e. The molecule has 10 heteroatoms. The van der Waals surface area contributed by atoms with E-state index in [-0.39, 0.29) is 24.8 Å². The molecular weight excluding hydrogens is 512 g/mol. The van der Waals surface area contributed by atoms with Crippen LogP contribution in [0.25, 0.3) is 10.9 Å². The van der Waals surface area contributed by atoms with Crippen molar-refractivity contribution < 1.29 is 27.9 Å². The van der Waals surface area contributed by atoms with E-state index in [0.717, 1.165) is 27.9 Å². The standard InChI is InChI=1S/C28H25F2N3O4S/c1-2-37-28(36)18-10-12-19(13-11-18)32-25(34)17-38-24-16-33(23-9-4-3-6-20(23)24)15-14-31-27(35)26-21(29)7-5-8-22(26)30/h3-13,16H,2,14-15,17H2,1H3,(H,31,35)(H,32,34). The van der Waals surface area contributed by atoms with Crippen LogP contribution in [0.1, 0.15) is 27.6 Å². The van der Waals surface area contributed by atoms with Gasteiger partial charge in [-0.15, -0.1) is 11.8 Å². The summed E-state index contributed by atoms with van der Waals surface area (Å²) in [6.07, 6.45) is 1.88. The molecule has 0 saturated carbocycles. The summed E-state index contributed by atoms with van der Waals surface area (Å²) in [7, 11) is 0. The third kappa shape index (κ3) is 6.38. The van der Waals surface area contributed by atoms with Gasteiger partial charge in [-0.2, -0.15) is 0 Å². The number of ether oxygens (including phenoxy) is 1. The fourth-order valence-corrected chi connectivity index (χ4v) is 4.74. The van der Waals surface area contributed by atoms with Crippen LogP contribution in [0.3, 0.4) is 0 Å². The first-order valence-electron chi connectivity index (χ1n) is 11.9. The fraction of sp³-hybridized carbons (Fsp3) is 0.179. The lowest BCUT2D eigenvalue weighted by Gasteiger charge is -2.09. The zero-order valence-corrected chi connectivity index (χ0v) is 21.3. The number of hydrogen-bond donors (Lipinski definition) is 2. The molecule has 196 valence electrons. The molecule has 0 aliphatic rings. The van der Waals surface area contributed by atoms with E-state index in [1.54, 1.807) is 31.2 Å². The van der Waals surface area contributed by atoms with Crippen LogP contribution in [0.2, 0.25) is 0 Å². The Balaban J connectivity index is 1.36. The van der Waals surface area contributed by atoms with Gasteiger partial charge in [0.05, 0.1) is 17.9 Å². The average Bonchev–Trinajstić information content (AvgIpc) is 3.25. The van der Waals surface area contributed by atoms with E-state index in [2.05, 4.69) is 10.6 Å². The second kappa shape index (κ2) is 12.4. The number of benzene rings is 3. The molecule has 2 N–H and O–H groups in total. The molecule has 1 aromatic heterocycles. The van der Waals surface area contributed by atoms with E-state index in [9.17, 15) is 23.2 Å². The van der Waals surface area contributed by atoms with Gasteiger partial charge in [0.15, 0.2) is 0 Å². The highest BCUT2D eigenvalue weighted by molar-refractivity contribution is 8.00. The Morgan fingerprint density at radius 1 is 0.947 bits per heavy atom. The van der Waals surface area contributed by atoms with Crippen molar-refractivity contribution in [1.82, 2.24) is 9.88 Å². The molecule has 0 atom stereocenters. The number of anilines is 1. The summed E-state index contributed by atoms with van der Waals surface area (Å²) in [5.41, 5.74) is 1.26. The normalized spacial score (nSPS) is 10.8. The van der Waals surface area contributed by atoms with Gasteiger partial charge in [-0.3, -0.25) is 9.59 Å². The van der Waals surface area contributed by atoms with Crippen LogP contribution in [0, 0.1) is 11.6 Å². The minimum atomic E-state index is -0.916. The number of carbonyl (C=O) groups excluding carboxylic acids is 3. The molecule has 4 rings (SSSR count). The van der Waals surface area contributed by atoms with Crippen molar-refractivity contribution in [2.24, 2.45) is 0 Å². The van der Waals surface area contributed by atoms with E-state index in [1.807, 2.05) is 35.0 Å². The van der Waals surface area contributed by atoms with Gasteiger partial charge >= 0.3 is 5.97 Å². The molecule has 3 aromatic carbocycles. The highest BCUT2D eigenvalue weighted by Crippen LogP contribution is 2.30. The molecule has 38 heavy (non-hydrogen) atoms. The molecule has 0 aliphatic carbocycles. The number of thioether (sulfide) groups is 1. The minimum absolute atomic E-state index is 0.150. The SMILES string of the molecule is CCOC(=O)c1ccc(NC(=O)CSc2cn(CCNC(=O)c3c(F)cccc3F)c3ccccc23)cc1. The van der Waals surface area contributed by atoms with Crippen molar-refractivity contribution in [2.75, 3.05) is 24.2 Å². The first-order chi connectivity index (χ1) is 18.4. The summed E-state index contributed by atoms with van der Waals surface area (Å²) in [6.45, 7) is 2.53. The van der Waals surface area contributed by atoms with E-state index in [0.29, 0.717) is 17.8 Å². The van der Waals surface area contributed by atoms with Crippen LogP contribution in [-0.2, 0) is 16.1 Å². The van der Waals surface area contributed by atoms with Crippen molar-refractivity contribution in [3.63, 3.8) is 0 Å². The molecule has 4 aromatic rings. The van der Waals surface area contributed by atoms with Crippen molar-refractivity contribution in [3.05, 3.63) is 95.7 Å². The van der Waals surface area contributed by atoms with Crippen molar-refractivity contribution >= 4 is 46.1 Å². The zero-order chi connectivity index (χ0) is 27.1. The maximum absolute atomic E-state index is 13.9. The highest BCUT2D eigenvalue weighted by atomic mass is 32.2. The van der Waals surface area contributed by atoms with Crippen LogP contribution in [0.5, 0.6) is 0 Å². The molecule has 0 bridgehead atoms. The number of esters is 1. The lowest BCUT2D eigenvalue weighted by atomic mass is 10.2. The van der Waals surface area contributed by atoms with E-state index in [4.69, 9.17) is 4.74 Å². The Kier molecular flexibility index (Phi) is 8.75. The number of para-hydroxylation sites is 1. The van der Waals surface area contributed by atoms with Crippen molar-refractivity contribution in [3.8, 4) is 0 Å². The molecule has 0 aliphatic heterocycles. The molecule has 1 heterocycles. The number of amides is 2. The predicted octanol–water partition coefficient (Wildman–Crippen LogP) is 5.26. The summed E-state index contributed by atoms with van der Waals surface area (Å²) in [6, 6.07) is 17.4. The quantitative estimate of drug-likeness (QED) is 0.213. The maximum atomic E-state index is 13.9. The summed E-state index contributed by atoms with van der Waals surface area (Å²) in [4.78, 5) is 37.5. The van der Waals surface area contributed by atoms with Crippen LogP contribution in [0.4, 0.5) is 14.5 Å². The van der Waals surface area contributed by atoms with Gasteiger partial charge in [-0.25, -0.2) is 13.6 Å². The van der Waals surface area contributed by atoms with Crippen LogP contribution in [0.15, 0.2) is 77.8 Å². The average molecular weight is 538 g/mol. The number of halogens is 2. The Labute approximate surface area is 222 Å². The lowest BCUT2D eigenvalue weighted by Crippen LogP contribution is -2.28. The topological polar surface area (TPSA) is 89.4 Å². The van der Waals surface area contributed by atoms with Crippen molar-refractivity contribution in [2.45, 2.75) is 18.4 Å². The van der Waals surface area contributed by atoms with Gasteiger partial charge in [-0.1, -0.05) is 24.3 Å². The highest BCUT2D eigenvalue weighted by Gasteiger charge is 2.17. The number of nitrogens with one attached hydrogen (secondary N) is 2. The Morgan fingerprint density at radius 2 is 1.66 bits per heavy atom. The third-order valence-corrected chi connectivity index (χ3v) is 6.66. The third-order valence-electron chi connectivity index (χ3n) is 5.62. The molecule has 2 amide bonds. The molecule has 7 nitrogen and oxygen atoms in total. The first kappa shape index (κ1) is 26.9. The van der Waals surface area contributed by atoms with Gasteiger partial charge in [0.2, 0.25) is 5.91 Å². The summed E-state index contributed by atoms with van der Waals surface area (Å²) in [5, 5.41) is 6.31. The lowest BCUT2D eigenvalue weighted by molar-refractivity contribution is -0.113. The molecule has 0 radical (unpaired) electrons. The molecule has 0 spiro atoms. The second-order valence-electron chi connectivity index (χ2n) is 8.19. The Bertz CT molecular complexity index is 1450. The van der Waals surface area contributed by atoms with Gasteiger partial charge < -0.3 is 19.9 Å². The summed E-state index contributed by atoms with van der Waals surface area (Å²) in [5.74, 6) is -3.14. The Hall–Kier alpha value is -4.18. The van der Waals surface area contributed by atoms with Crippen molar-refractivity contribution in [1.29, 1.82) is 0 Å². The van der Waals surface area contributed by atoms with Gasteiger partial charge in [0.25, 0.3) is 5.91 Å². The first-order valence-corrected chi connectivity index (χ1v) is 12.9. The van der Waals surface area contributed by atoms with Gasteiger partial charge in [0, 0.05) is 40.8 Å². The summed E-state index contributed by atoms with van der Waals surface area (Å²) < 4.78 is 34.6. The minimum Gasteiger partial charge on any atom is -0.462 e. The fourth-order valence-electron chi connectivity index (χ4n) is 3.85. The number of aromatic nitrogens is 1. The number of fused-ring (bicyclic) bond motifs is 1. The zero-order valence-electron chi connectivity index (χ0n) is 20.5. The molecular formula is C28H25F2N3O4S. The smallest absolute Gasteiger partial charge is 0.338 e. The van der Waals surface area contributed by atoms with Gasteiger partial charge in [0.1, 0.15) is 17.2 Å².